The topological polar surface area (TPSA) is 57.2 Å². The Morgan fingerprint density at radius 3 is 2.75 bits per heavy atom. The first-order chi connectivity index (χ1) is 9.52. The van der Waals surface area contributed by atoms with E-state index in [2.05, 4.69) is 29.2 Å². The van der Waals surface area contributed by atoms with Crippen LogP contribution < -0.4 is 5.32 Å². The zero-order chi connectivity index (χ0) is 15.0. The minimum atomic E-state index is -0.471. The summed E-state index contributed by atoms with van der Waals surface area (Å²) in [5.74, 6) is 0. The summed E-state index contributed by atoms with van der Waals surface area (Å²) in [6, 6.07) is 0.509. The summed E-state index contributed by atoms with van der Waals surface area (Å²) in [6.45, 7) is 7.60. The molecule has 0 aliphatic carbocycles. The highest BCUT2D eigenvalue weighted by molar-refractivity contribution is 4.80. The zero-order valence-corrected chi connectivity index (χ0v) is 13.3. The molecular weight excluding hydrogens is 258 g/mol. The molecule has 6 heteroatoms. The third-order valence-corrected chi connectivity index (χ3v) is 3.71. The number of nitrogens with one attached hydrogen (secondary N) is 1. The van der Waals surface area contributed by atoms with E-state index in [1.807, 2.05) is 6.92 Å². The molecule has 1 heterocycles. The Labute approximate surface area is 123 Å². The molecule has 0 aromatic carbocycles. The van der Waals surface area contributed by atoms with E-state index in [1.54, 1.807) is 7.11 Å². The maximum Gasteiger partial charge on any atom is 0.0897 e. The number of methoxy groups -OCH3 is 1. The molecule has 0 amide bonds. The minimum Gasteiger partial charge on any atom is -0.389 e. The van der Waals surface area contributed by atoms with E-state index in [1.165, 1.54) is 0 Å². The fraction of sp³-hybridized carbons (Fsp3) is 1.00. The highest BCUT2D eigenvalue weighted by Crippen LogP contribution is 2.04. The number of ether oxygens (including phenoxy) is 2. The normalized spacial score (nSPS) is 24.8. The molecule has 1 rings (SSSR count). The Kier molecular flexibility index (Phi) is 8.60. The lowest BCUT2D eigenvalue weighted by molar-refractivity contribution is -0.0314. The van der Waals surface area contributed by atoms with Crippen LogP contribution >= 0.6 is 0 Å². The van der Waals surface area contributed by atoms with Crippen molar-refractivity contribution in [2.24, 2.45) is 0 Å². The van der Waals surface area contributed by atoms with Crippen molar-refractivity contribution < 1.29 is 14.6 Å². The number of hydrogen-bond acceptors (Lipinski definition) is 6. The van der Waals surface area contributed by atoms with Crippen molar-refractivity contribution in [3.63, 3.8) is 0 Å². The van der Waals surface area contributed by atoms with Crippen LogP contribution in [-0.4, -0.2) is 100 Å². The molecule has 0 aromatic heterocycles. The Morgan fingerprint density at radius 1 is 1.30 bits per heavy atom. The van der Waals surface area contributed by atoms with Gasteiger partial charge in [0, 0.05) is 45.9 Å². The van der Waals surface area contributed by atoms with Gasteiger partial charge < -0.3 is 24.8 Å². The predicted molar refractivity (Wildman–Crippen MR) is 80.1 cm³/mol. The number of hydrogen-bond donors (Lipinski definition) is 2. The van der Waals surface area contributed by atoms with E-state index in [-0.39, 0.29) is 6.10 Å². The fourth-order valence-electron chi connectivity index (χ4n) is 2.36. The van der Waals surface area contributed by atoms with Crippen molar-refractivity contribution in [3.05, 3.63) is 0 Å². The average molecular weight is 289 g/mol. The van der Waals surface area contributed by atoms with Crippen molar-refractivity contribution in [2.75, 3.05) is 67.1 Å². The molecule has 3 atom stereocenters. The first-order valence-corrected chi connectivity index (χ1v) is 7.41. The van der Waals surface area contributed by atoms with Crippen LogP contribution in [0.25, 0.3) is 0 Å². The number of piperazine rings is 1. The van der Waals surface area contributed by atoms with E-state index in [4.69, 9.17) is 9.47 Å². The fourth-order valence-corrected chi connectivity index (χ4v) is 2.36. The van der Waals surface area contributed by atoms with Gasteiger partial charge in [-0.25, -0.2) is 0 Å². The maximum absolute atomic E-state index is 9.86. The van der Waals surface area contributed by atoms with Gasteiger partial charge in [0.25, 0.3) is 0 Å². The summed E-state index contributed by atoms with van der Waals surface area (Å²) >= 11 is 0. The summed E-state index contributed by atoms with van der Waals surface area (Å²) in [4.78, 5) is 4.72. The SMILES string of the molecule is COCC(C)OCC(O)CNCC1CN(C)CCN1C. The second-order valence-corrected chi connectivity index (χ2v) is 5.81. The zero-order valence-electron chi connectivity index (χ0n) is 13.3. The van der Waals surface area contributed by atoms with Gasteiger partial charge in [-0.05, 0) is 21.0 Å². The molecular formula is C14H31N3O3. The van der Waals surface area contributed by atoms with Crippen molar-refractivity contribution >= 4 is 0 Å². The van der Waals surface area contributed by atoms with Crippen molar-refractivity contribution in [3.8, 4) is 0 Å². The van der Waals surface area contributed by atoms with Gasteiger partial charge in [0.1, 0.15) is 0 Å². The Hall–Kier alpha value is -0.240. The monoisotopic (exact) mass is 289 g/mol. The summed E-state index contributed by atoms with van der Waals surface area (Å²) < 4.78 is 10.5. The van der Waals surface area contributed by atoms with Crippen LogP contribution in [0.2, 0.25) is 0 Å². The third-order valence-electron chi connectivity index (χ3n) is 3.71. The molecule has 120 valence electrons. The standard InChI is InChI=1S/C14H31N3O3/c1-12(10-19-4)20-11-14(18)8-15-7-13-9-16(2)5-6-17(13)3/h12-15,18H,5-11H2,1-4H3. The van der Waals surface area contributed by atoms with Crippen LogP contribution in [0.1, 0.15) is 6.92 Å². The molecule has 0 spiro atoms. The maximum atomic E-state index is 9.86. The number of nitrogens with zero attached hydrogens (tertiary/aromatic N) is 2. The minimum absolute atomic E-state index is 0.0211. The lowest BCUT2D eigenvalue weighted by Gasteiger charge is -2.38. The first-order valence-electron chi connectivity index (χ1n) is 7.41. The van der Waals surface area contributed by atoms with Crippen LogP contribution in [0, 0.1) is 0 Å². The highest BCUT2D eigenvalue weighted by Gasteiger charge is 2.21. The summed E-state index contributed by atoms with van der Waals surface area (Å²) in [5.41, 5.74) is 0. The average Bonchev–Trinajstić information content (AvgIpc) is 2.41. The number of aliphatic hydroxyl groups is 1. The lowest BCUT2D eigenvalue weighted by atomic mass is 10.2. The molecule has 1 saturated heterocycles. The highest BCUT2D eigenvalue weighted by atomic mass is 16.5. The van der Waals surface area contributed by atoms with E-state index in [0.29, 0.717) is 25.8 Å². The van der Waals surface area contributed by atoms with Gasteiger partial charge in [-0.3, -0.25) is 4.90 Å². The van der Waals surface area contributed by atoms with E-state index in [0.717, 1.165) is 26.2 Å². The number of aliphatic hydroxyl groups excluding tert-OH is 1. The van der Waals surface area contributed by atoms with Gasteiger partial charge in [0.2, 0.25) is 0 Å². The predicted octanol–water partition coefficient (Wildman–Crippen LogP) is -0.766. The third kappa shape index (κ3) is 6.97. The van der Waals surface area contributed by atoms with E-state index >= 15 is 0 Å². The number of likely N-dealkylation sites (N-methyl/N-ethyl adjacent to an activating group) is 2. The molecule has 1 fully saturated rings. The summed E-state index contributed by atoms with van der Waals surface area (Å²) in [6.07, 6.45) is -0.450. The molecule has 3 unspecified atom stereocenters. The second-order valence-electron chi connectivity index (χ2n) is 5.81. The second kappa shape index (κ2) is 9.65. The van der Waals surface area contributed by atoms with Gasteiger partial charge in [-0.15, -0.1) is 0 Å². The molecule has 2 N–H and O–H groups in total. The quantitative estimate of drug-likeness (QED) is 0.582. The Bertz CT molecular complexity index is 256. The van der Waals surface area contributed by atoms with Crippen molar-refractivity contribution in [2.45, 2.75) is 25.2 Å². The molecule has 0 bridgehead atoms. The Morgan fingerprint density at radius 2 is 2.05 bits per heavy atom. The van der Waals surface area contributed by atoms with Gasteiger partial charge in [0.05, 0.1) is 25.4 Å². The van der Waals surface area contributed by atoms with Crippen LogP contribution in [0.5, 0.6) is 0 Å². The molecule has 0 radical (unpaired) electrons. The summed E-state index contributed by atoms with van der Waals surface area (Å²) in [5, 5.41) is 13.2. The summed E-state index contributed by atoms with van der Waals surface area (Å²) in [7, 11) is 5.96. The van der Waals surface area contributed by atoms with Crippen LogP contribution in [0.4, 0.5) is 0 Å². The smallest absolute Gasteiger partial charge is 0.0897 e. The molecule has 1 aliphatic rings. The van der Waals surface area contributed by atoms with Gasteiger partial charge >= 0.3 is 0 Å². The molecule has 0 aromatic rings. The lowest BCUT2D eigenvalue weighted by Crippen LogP contribution is -2.54. The van der Waals surface area contributed by atoms with Gasteiger partial charge in [-0.2, -0.15) is 0 Å². The molecule has 1 aliphatic heterocycles. The first kappa shape index (κ1) is 17.8. The van der Waals surface area contributed by atoms with Gasteiger partial charge in [-0.1, -0.05) is 0 Å². The van der Waals surface area contributed by atoms with E-state index in [9.17, 15) is 5.11 Å². The molecule has 6 nitrogen and oxygen atoms in total. The van der Waals surface area contributed by atoms with Crippen molar-refractivity contribution in [1.82, 2.24) is 15.1 Å². The van der Waals surface area contributed by atoms with Crippen molar-refractivity contribution in [1.29, 1.82) is 0 Å². The largest absolute Gasteiger partial charge is 0.389 e. The van der Waals surface area contributed by atoms with Crippen LogP contribution in [0.15, 0.2) is 0 Å². The molecule has 0 saturated carbocycles. The Balaban J connectivity index is 2.10. The van der Waals surface area contributed by atoms with E-state index < -0.39 is 6.10 Å². The van der Waals surface area contributed by atoms with Crippen LogP contribution in [0.3, 0.4) is 0 Å². The van der Waals surface area contributed by atoms with Gasteiger partial charge in [0.15, 0.2) is 0 Å². The number of rotatable bonds is 9. The van der Waals surface area contributed by atoms with Crippen LogP contribution in [-0.2, 0) is 9.47 Å². The molecule has 20 heavy (non-hydrogen) atoms.